The molecule has 0 atom stereocenters. The van der Waals surface area contributed by atoms with Crippen molar-refractivity contribution in [2.45, 2.75) is 19.8 Å². The molecule has 3 rings (SSSR count). The van der Waals surface area contributed by atoms with Crippen molar-refractivity contribution in [3.05, 3.63) is 35.2 Å². The summed E-state index contributed by atoms with van der Waals surface area (Å²) >= 11 is 1.38. The lowest BCUT2D eigenvalue weighted by atomic mass is 10.2. The summed E-state index contributed by atoms with van der Waals surface area (Å²) in [5, 5.41) is 4.16. The van der Waals surface area contributed by atoms with Gasteiger partial charge in [0, 0.05) is 18.7 Å². The van der Waals surface area contributed by atoms with Crippen LogP contribution >= 0.6 is 11.3 Å². The van der Waals surface area contributed by atoms with Crippen molar-refractivity contribution in [2.75, 3.05) is 38.1 Å². The van der Waals surface area contributed by atoms with Crippen LogP contribution in [0.15, 0.2) is 30.3 Å². The molecule has 1 aliphatic rings. The third-order valence-corrected chi connectivity index (χ3v) is 5.11. The second-order valence-electron chi connectivity index (χ2n) is 5.76. The number of thiazole rings is 1. The van der Waals surface area contributed by atoms with Crippen LogP contribution in [0.2, 0.25) is 0 Å². The van der Waals surface area contributed by atoms with Gasteiger partial charge < -0.3 is 15.0 Å². The summed E-state index contributed by atoms with van der Waals surface area (Å²) in [7, 11) is 0. The van der Waals surface area contributed by atoms with E-state index in [1.807, 2.05) is 37.3 Å². The lowest BCUT2D eigenvalue weighted by Gasteiger charge is -2.14. The summed E-state index contributed by atoms with van der Waals surface area (Å²) in [6, 6.07) is 9.92. The van der Waals surface area contributed by atoms with E-state index in [0.29, 0.717) is 17.3 Å². The van der Waals surface area contributed by atoms with Gasteiger partial charge in [0.15, 0.2) is 10.7 Å². The van der Waals surface area contributed by atoms with Gasteiger partial charge in [0.25, 0.3) is 0 Å². The summed E-state index contributed by atoms with van der Waals surface area (Å²) in [5.74, 6) is 0.331. The number of nitrogens with zero attached hydrogens (tertiary/aromatic N) is 2. The number of benzene rings is 1. The summed E-state index contributed by atoms with van der Waals surface area (Å²) in [5.41, 5.74) is 1.01. The minimum Gasteiger partial charge on any atom is -0.462 e. The highest BCUT2D eigenvalue weighted by Gasteiger charge is 2.20. The molecular weight excluding hydrogens is 322 g/mol. The molecule has 0 spiro atoms. The Morgan fingerprint density at radius 3 is 2.75 bits per heavy atom. The standard InChI is InChI=1S/C18H23N3O2S/c1-2-23-18(22)15-16(19-10-13-21-11-6-7-12-21)20-17(24-15)14-8-4-3-5-9-14/h3-5,8-9,19H,2,6-7,10-13H2,1H3. The second-order valence-corrected chi connectivity index (χ2v) is 6.76. The van der Waals surface area contributed by atoms with Crippen molar-refractivity contribution in [2.24, 2.45) is 0 Å². The molecule has 2 aromatic rings. The Morgan fingerprint density at radius 1 is 1.29 bits per heavy atom. The maximum atomic E-state index is 12.2. The number of carbonyl (C=O) groups excluding carboxylic acids is 1. The molecule has 1 fully saturated rings. The molecule has 0 radical (unpaired) electrons. The Morgan fingerprint density at radius 2 is 2.04 bits per heavy atom. The van der Waals surface area contributed by atoms with Crippen molar-refractivity contribution in [3.8, 4) is 10.6 Å². The molecule has 1 saturated heterocycles. The van der Waals surface area contributed by atoms with Gasteiger partial charge in [-0.05, 0) is 32.9 Å². The molecule has 0 amide bonds. The summed E-state index contributed by atoms with van der Waals surface area (Å²) < 4.78 is 5.18. The minimum absolute atomic E-state index is 0.305. The number of nitrogens with one attached hydrogen (secondary N) is 1. The van der Waals surface area contributed by atoms with Crippen molar-refractivity contribution in [1.29, 1.82) is 0 Å². The van der Waals surface area contributed by atoms with Crippen molar-refractivity contribution < 1.29 is 9.53 Å². The van der Waals surface area contributed by atoms with Gasteiger partial charge in [-0.25, -0.2) is 9.78 Å². The van der Waals surface area contributed by atoms with E-state index in [0.717, 1.165) is 23.7 Å². The van der Waals surface area contributed by atoms with Crippen LogP contribution in [0, 0.1) is 0 Å². The number of hydrogen-bond donors (Lipinski definition) is 1. The van der Waals surface area contributed by atoms with Crippen LogP contribution in [0.5, 0.6) is 0 Å². The molecule has 24 heavy (non-hydrogen) atoms. The maximum Gasteiger partial charge on any atom is 0.352 e. The molecule has 1 N–H and O–H groups in total. The molecule has 1 aromatic heterocycles. The molecule has 0 bridgehead atoms. The Kier molecular flexibility index (Phi) is 5.82. The molecule has 0 saturated carbocycles. The summed E-state index contributed by atoms with van der Waals surface area (Å²) in [4.78, 5) is 19.8. The van der Waals surface area contributed by atoms with Crippen LogP contribution < -0.4 is 5.32 Å². The molecule has 6 heteroatoms. The van der Waals surface area contributed by atoms with Gasteiger partial charge in [-0.1, -0.05) is 30.3 Å². The fourth-order valence-electron chi connectivity index (χ4n) is 2.82. The molecule has 1 aliphatic heterocycles. The lowest BCUT2D eigenvalue weighted by molar-refractivity contribution is 0.0533. The number of esters is 1. The Hall–Kier alpha value is -1.92. The van der Waals surface area contributed by atoms with E-state index < -0.39 is 0 Å². The van der Waals surface area contributed by atoms with E-state index in [1.54, 1.807) is 0 Å². The number of anilines is 1. The molecule has 128 valence electrons. The number of aromatic nitrogens is 1. The third-order valence-electron chi connectivity index (χ3n) is 4.03. The van der Waals surface area contributed by atoms with Gasteiger partial charge >= 0.3 is 5.97 Å². The van der Waals surface area contributed by atoms with E-state index in [2.05, 4.69) is 15.2 Å². The molecule has 0 unspecified atom stereocenters. The number of likely N-dealkylation sites (tertiary alicyclic amines) is 1. The lowest BCUT2D eigenvalue weighted by Crippen LogP contribution is -2.26. The first kappa shape index (κ1) is 16.9. The predicted molar refractivity (Wildman–Crippen MR) is 97.7 cm³/mol. The normalized spacial score (nSPS) is 14.7. The number of carbonyl (C=O) groups is 1. The Balaban J connectivity index is 1.74. The minimum atomic E-state index is -0.305. The largest absolute Gasteiger partial charge is 0.462 e. The van der Waals surface area contributed by atoms with Gasteiger partial charge in [0.05, 0.1) is 6.61 Å². The monoisotopic (exact) mass is 345 g/mol. The Labute approximate surface area is 146 Å². The van der Waals surface area contributed by atoms with Gasteiger partial charge in [-0.2, -0.15) is 0 Å². The zero-order chi connectivity index (χ0) is 16.8. The first-order chi connectivity index (χ1) is 11.8. The van der Waals surface area contributed by atoms with Crippen molar-refractivity contribution in [1.82, 2.24) is 9.88 Å². The second kappa shape index (κ2) is 8.26. The molecular formula is C18H23N3O2S. The number of ether oxygens (including phenoxy) is 1. The molecule has 1 aromatic carbocycles. The average Bonchev–Trinajstić information content (AvgIpc) is 3.26. The highest BCUT2D eigenvalue weighted by Crippen LogP contribution is 2.31. The fourth-order valence-corrected chi connectivity index (χ4v) is 3.76. The highest BCUT2D eigenvalue weighted by molar-refractivity contribution is 7.17. The quantitative estimate of drug-likeness (QED) is 0.779. The summed E-state index contributed by atoms with van der Waals surface area (Å²) in [6.07, 6.45) is 2.56. The molecule has 2 heterocycles. The number of hydrogen-bond acceptors (Lipinski definition) is 6. The first-order valence-corrected chi connectivity index (χ1v) is 9.29. The maximum absolute atomic E-state index is 12.2. The van der Waals surface area contributed by atoms with Crippen LogP contribution in [0.25, 0.3) is 10.6 Å². The van der Waals surface area contributed by atoms with Gasteiger partial charge in [0.1, 0.15) is 5.01 Å². The van der Waals surface area contributed by atoms with Gasteiger partial charge in [0.2, 0.25) is 0 Å². The number of rotatable bonds is 7. The van der Waals surface area contributed by atoms with E-state index in [4.69, 9.17) is 4.74 Å². The smallest absolute Gasteiger partial charge is 0.352 e. The molecule has 0 aliphatic carbocycles. The zero-order valence-electron chi connectivity index (χ0n) is 14.0. The fraction of sp³-hybridized carbons (Fsp3) is 0.444. The SMILES string of the molecule is CCOC(=O)c1sc(-c2ccccc2)nc1NCCN1CCCC1. The van der Waals surface area contributed by atoms with Crippen LogP contribution in [-0.2, 0) is 4.74 Å². The highest BCUT2D eigenvalue weighted by atomic mass is 32.1. The van der Waals surface area contributed by atoms with Crippen molar-refractivity contribution >= 4 is 23.1 Å². The van der Waals surface area contributed by atoms with Crippen LogP contribution in [-0.4, -0.2) is 48.6 Å². The summed E-state index contributed by atoms with van der Waals surface area (Å²) in [6.45, 7) is 6.27. The van der Waals surface area contributed by atoms with E-state index >= 15 is 0 Å². The van der Waals surface area contributed by atoms with Crippen molar-refractivity contribution in [3.63, 3.8) is 0 Å². The first-order valence-electron chi connectivity index (χ1n) is 8.47. The van der Waals surface area contributed by atoms with Gasteiger partial charge in [-0.15, -0.1) is 11.3 Å². The van der Waals surface area contributed by atoms with Gasteiger partial charge in [-0.3, -0.25) is 0 Å². The average molecular weight is 345 g/mol. The van der Waals surface area contributed by atoms with Crippen LogP contribution in [0.1, 0.15) is 29.4 Å². The zero-order valence-corrected chi connectivity index (χ0v) is 14.8. The van der Waals surface area contributed by atoms with E-state index in [1.165, 1.54) is 37.3 Å². The topological polar surface area (TPSA) is 54.5 Å². The van der Waals surface area contributed by atoms with E-state index in [9.17, 15) is 4.79 Å². The van der Waals surface area contributed by atoms with E-state index in [-0.39, 0.29) is 5.97 Å². The van der Waals surface area contributed by atoms with Crippen LogP contribution in [0.4, 0.5) is 5.82 Å². The third kappa shape index (κ3) is 4.13. The molecule has 5 nitrogen and oxygen atoms in total. The Bertz CT molecular complexity index is 666. The predicted octanol–water partition coefficient (Wildman–Crippen LogP) is 3.49. The van der Waals surface area contributed by atoms with Crippen LogP contribution in [0.3, 0.4) is 0 Å².